The van der Waals surface area contributed by atoms with Gasteiger partial charge in [-0.25, -0.2) is 4.98 Å². The van der Waals surface area contributed by atoms with Crippen molar-refractivity contribution in [3.05, 3.63) is 10.0 Å². The molecule has 0 bridgehead atoms. The third-order valence-corrected chi connectivity index (χ3v) is 3.68. The Morgan fingerprint density at radius 2 is 2.27 bits per heavy atom. The van der Waals surface area contributed by atoms with Crippen LogP contribution in [0.4, 0.5) is 5.13 Å². The molecule has 0 aliphatic rings. The Morgan fingerprint density at radius 3 is 2.67 bits per heavy atom. The van der Waals surface area contributed by atoms with E-state index in [1.807, 2.05) is 31.9 Å². The number of anilines is 1. The average Bonchev–Trinajstić information content (AvgIpc) is 2.58. The molecule has 0 saturated heterocycles. The van der Waals surface area contributed by atoms with Crippen molar-refractivity contribution >= 4 is 28.1 Å². The van der Waals surface area contributed by atoms with Crippen LogP contribution >= 0.6 is 22.9 Å². The molecule has 1 heterocycles. The predicted octanol–water partition coefficient (Wildman–Crippen LogP) is 1.88. The molecule has 1 N–H and O–H groups in total. The molecule has 1 aromatic heterocycles. The minimum Gasteiger partial charge on any atom is -0.394 e. The van der Waals surface area contributed by atoms with E-state index in [-0.39, 0.29) is 11.8 Å². The van der Waals surface area contributed by atoms with E-state index in [1.165, 1.54) is 11.3 Å². The molecule has 15 heavy (non-hydrogen) atoms. The van der Waals surface area contributed by atoms with Gasteiger partial charge in [0.15, 0.2) is 10.3 Å². The highest BCUT2D eigenvalue weighted by Gasteiger charge is 2.26. The summed E-state index contributed by atoms with van der Waals surface area (Å²) in [5, 5.41) is 18.8. The second-order valence-electron chi connectivity index (χ2n) is 3.76. The average molecular weight is 246 g/mol. The minimum absolute atomic E-state index is 0.00257. The molecule has 4 nitrogen and oxygen atoms in total. The summed E-state index contributed by atoms with van der Waals surface area (Å²) in [6.07, 6.45) is 0. The molecule has 0 amide bonds. The fourth-order valence-corrected chi connectivity index (χ4v) is 2.04. The van der Waals surface area contributed by atoms with Gasteiger partial charge in [0.05, 0.1) is 12.1 Å². The zero-order valence-electron chi connectivity index (χ0n) is 8.78. The maximum Gasteiger partial charge on any atom is 0.188 e. The summed E-state index contributed by atoms with van der Waals surface area (Å²) < 4.78 is 0. The molecule has 1 aromatic rings. The van der Waals surface area contributed by atoms with E-state index in [0.29, 0.717) is 10.0 Å². The molecule has 6 heteroatoms. The van der Waals surface area contributed by atoms with Crippen LogP contribution in [0, 0.1) is 11.3 Å². The zero-order chi connectivity index (χ0) is 11.6. The molecule has 0 spiro atoms. The van der Waals surface area contributed by atoms with Crippen LogP contribution in [0.5, 0.6) is 0 Å². The molecule has 0 atom stereocenters. The number of thiazole rings is 1. The number of nitrogens with zero attached hydrogens (tertiary/aromatic N) is 3. The van der Waals surface area contributed by atoms with E-state index >= 15 is 0 Å². The molecular weight excluding hydrogens is 234 g/mol. The monoisotopic (exact) mass is 245 g/mol. The van der Waals surface area contributed by atoms with Crippen molar-refractivity contribution in [3.63, 3.8) is 0 Å². The maximum atomic E-state index is 9.20. The second-order valence-corrected chi connectivity index (χ2v) is 5.09. The van der Waals surface area contributed by atoms with Gasteiger partial charge in [-0.1, -0.05) is 22.9 Å². The number of halogens is 1. The highest BCUT2D eigenvalue weighted by atomic mass is 35.5. The fraction of sp³-hybridized carbons (Fsp3) is 0.556. The summed E-state index contributed by atoms with van der Waals surface area (Å²) in [6.45, 7) is 3.77. The molecule has 0 aliphatic heterocycles. The molecule has 0 saturated carbocycles. The van der Waals surface area contributed by atoms with Crippen molar-refractivity contribution in [3.8, 4) is 6.07 Å². The number of rotatable bonds is 3. The summed E-state index contributed by atoms with van der Waals surface area (Å²) >= 11 is 6.99. The Bertz CT molecular complexity index is 397. The summed E-state index contributed by atoms with van der Waals surface area (Å²) in [5.41, 5.74) is -0.423. The van der Waals surface area contributed by atoms with Crippen molar-refractivity contribution in [2.24, 2.45) is 0 Å². The first-order valence-corrected chi connectivity index (χ1v) is 5.53. The number of likely N-dealkylation sites (N-methyl/N-ethyl adjacent to an activating group) is 1. The van der Waals surface area contributed by atoms with Crippen LogP contribution in [0.15, 0.2) is 0 Å². The third-order valence-electron chi connectivity index (χ3n) is 2.26. The smallest absolute Gasteiger partial charge is 0.188 e. The Balaban J connectivity index is 3.03. The van der Waals surface area contributed by atoms with E-state index in [1.54, 1.807) is 0 Å². The largest absolute Gasteiger partial charge is 0.394 e. The van der Waals surface area contributed by atoms with Crippen molar-refractivity contribution < 1.29 is 5.11 Å². The molecule has 0 radical (unpaired) electrons. The summed E-state index contributed by atoms with van der Waals surface area (Å²) in [7, 11) is 1.81. The molecule has 0 fully saturated rings. The standard InChI is InChI=1S/C9H12ClN3OS/c1-9(2,5-14)13(3)8-12-7(10)6(4-11)15-8/h14H,5H2,1-3H3. The van der Waals surface area contributed by atoms with E-state index in [4.69, 9.17) is 16.9 Å². The van der Waals surface area contributed by atoms with Gasteiger partial charge in [-0.15, -0.1) is 0 Å². The number of hydrogen-bond donors (Lipinski definition) is 1. The fourth-order valence-electron chi connectivity index (χ4n) is 0.868. The van der Waals surface area contributed by atoms with Crippen molar-refractivity contribution in [1.29, 1.82) is 5.26 Å². The van der Waals surface area contributed by atoms with Crippen molar-refractivity contribution in [1.82, 2.24) is 4.98 Å². The second kappa shape index (κ2) is 4.35. The van der Waals surface area contributed by atoms with E-state index in [2.05, 4.69) is 4.98 Å². The lowest BCUT2D eigenvalue weighted by Gasteiger charge is -2.33. The minimum atomic E-state index is -0.423. The number of aliphatic hydroxyl groups excluding tert-OH is 1. The Kier molecular flexibility index (Phi) is 3.55. The van der Waals surface area contributed by atoms with Gasteiger partial charge in [0.2, 0.25) is 0 Å². The SMILES string of the molecule is CN(c1nc(Cl)c(C#N)s1)C(C)(C)CO. The normalized spacial score (nSPS) is 11.2. The van der Waals surface area contributed by atoms with Crippen molar-refractivity contribution in [2.75, 3.05) is 18.6 Å². The first kappa shape index (κ1) is 12.2. The summed E-state index contributed by atoms with van der Waals surface area (Å²) in [4.78, 5) is 6.28. The van der Waals surface area contributed by atoms with Crippen LogP contribution in [-0.2, 0) is 0 Å². The van der Waals surface area contributed by atoms with Gasteiger partial charge in [0.25, 0.3) is 0 Å². The van der Waals surface area contributed by atoms with E-state index in [0.717, 1.165) is 0 Å². The molecule has 82 valence electrons. The Hall–Kier alpha value is -0.830. The van der Waals surface area contributed by atoms with Crippen molar-refractivity contribution in [2.45, 2.75) is 19.4 Å². The molecule has 0 aromatic carbocycles. The lowest BCUT2D eigenvalue weighted by atomic mass is 10.1. The topological polar surface area (TPSA) is 60.2 Å². The van der Waals surface area contributed by atoms with Gasteiger partial charge < -0.3 is 10.0 Å². The van der Waals surface area contributed by atoms with Gasteiger partial charge in [0, 0.05) is 7.05 Å². The van der Waals surface area contributed by atoms with Crippen LogP contribution in [0.25, 0.3) is 0 Å². The number of aliphatic hydroxyl groups is 1. The van der Waals surface area contributed by atoms with Crippen LogP contribution < -0.4 is 4.90 Å². The first-order chi connectivity index (χ1) is 6.92. The third kappa shape index (κ3) is 2.40. The van der Waals surface area contributed by atoms with Gasteiger partial charge in [-0.05, 0) is 13.8 Å². The maximum absolute atomic E-state index is 9.20. The van der Waals surface area contributed by atoms with Gasteiger partial charge in [0.1, 0.15) is 10.9 Å². The molecule has 1 rings (SSSR count). The van der Waals surface area contributed by atoms with Crippen LogP contribution in [-0.4, -0.2) is 29.3 Å². The highest BCUT2D eigenvalue weighted by Crippen LogP contribution is 2.31. The molecule has 0 unspecified atom stereocenters. The van der Waals surface area contributed by atoms with Gasteiger partial charge >= 0.3 is 0 Å². The van der Waals surface area contributed by atoms with E-state index < -0.39 is 5.54 Å². The lowest BCUT2D eigenvalue weighted by molar-refractivity contribution is 0.216. The quantitative estimate of drug-likeness (QED) is 0.883. The lowest BCUT2D eigenvalue weighted by Crippen LogP contribution is -2.44. The Labute approximate surface area is 97.7 Å². The summed E-state index contributed by atoms with van der Waals surface area (Å²) in [5.74, 6) is 0. The van der Waals surface area contributed by atoms with Gasteiger partial charge in [-0.2, -0.15) is 5.26 Å². The van der Waals surface area contributed by atoms with E-state index in [9.17, 15) is 5.11 Å². The molecular formula is C9H12ClN3OS. The Morgan fingerprint density at radius 1 is 1.67 bits per heavy atom. The number of hydrogen-bond acceptors (Lipinski definition) is 5. The zero-order valence-corrected chi connectivity index (χ0v) is 10.4. The van der Waals surface area contributed by atoms with Crippen LogP contribution in [0.3, 0.4) is 0 Å². The van der Waals surface area contributed by atoms with Crippen LogP contribution in [0.1, 0.15) is 18.7 Å². The highest BCUT2D eigenvalue weighted by molar-refractivity contribution is 7.16. The summed E-state index contributed by atoms with van der Waals surface area (Å²) in [6, 6.07) is 1.97. The number of aromatic nitrogens is 1. The predicted molar refractivity (Wildman–Crippen MR) is 61.4 cm³/mol. The van der Waals surface area contributed by atoms with Crippen LogP contribution in [0.2, 0.25) is 5.15 Å². The number of nitriles is 1. The van der Waals surface area contributed by atoms with Gasteiger partial charge in [-0.3, -0.25) is 0 Å². The molecule has 0 aliphatic carbocycles. The first-order valence-electron chi connectivity index (χ1n) is 4.33.